The van der Waals surface area contributed by atoms with Crippen LogP contribution in [-0.2, 0) is 12.8 Å². The molecule has 0 radical (unpaired) electrons. The molecule has 2 nitrogen and oxygen atoms in total. The van der Waals surface area contributed by atoms with Gasteiger partial charge in [-0.05, 0) is 114 Å². The van der Waals surface area contributed by atoms with Crippen molar-refractivity contribution >= 4 is 66.6 Å². The van der Waals surface area contributed by atoms with Gasteiger partial charge in [-0.15, -0.1) is 0 Å². The second kappa shape index (κ2) is 11.6. The summed E-state index contributed by atoms with van der Waals surface area (Å²) in [4.78, 5) is 0. The first kappa shape index (κ1) is 27.7. The minimum absolute atomic E-state index is 0.771. The third-order valence-electron chi connectivity index (χ3n) is 9.29. The van der Waals surface area contributed by atoms with Crippen molar-refractivity contribution in [3.05, 3.63) is 168 Å². The number of anilines is 2. The lowest BCUT2D eigenvalue weighted by atomic mass is 9.82. The fourth-order valence-corrected chi connectivity index (χ4v) is 7.11. The first-order valence-corrected chi connectivity index (χ1v) is 15.9. The first-order chi connectivity index (χ1) is 22.7. The van der Waals surface area contributed by atoms with Gasteiger partial charge in [0.25, 0.3) is 0 Å². The maximum atomic E-state index is 5.98. The minimum atomic E-state index is 0.771. The van der Waals surface area contributed by atoms with E-state index in [0.717, 1.165) is 29.8 Å². The van der Waals surface area contributed by atoms with Crippen LogP contribution in [0.15, 0.2) is 146 Å². The highest BCUT2D eigenvalue weighted by Crippen LogP contribution is 2.46. The predicted octanol–water partition coefficient (Wildman–Crippen LogP) is 11.1. The summed E-state index contributed by atoms with van der Waals surface area (Å²) >= 11 is 0. The fourth-order valence-electron chi connectivity index (χ4n) is 7.11. The monoisotopic (exact) mass is 590 g/mol. The van der Waals surface area contributed by atoms with E-state index in [1.807, 2.05) is 24.3 Å². The molecule has 0 bridgehead atoms. The zero-order valence-corrected chi connectivity index (χ0v) is 25.6. The second-order valence-corrected chi connectivity index (χ2v) is 12.1. The van der Waals surface area contributed by atoms with Crippen LogP contribution in [0.5, 0.6) is 0 Å². The van der Waals surface area contributed by atoms with Gasteiger partial charge < -0.3 is 11.5 Å². The van der Waals surface area contributed by atoms with E-state index in [-0.39, 0.29) is 0 Å². The number of rotatable bonds is 6. The van der Waals surface area contributed by atoms with E-state index < -0.39 is 0 Å². The third-order valence-corrected chi connectivity index (χ3v) is 9.29. The highest BCUT2D eigenvalue weighted by atomic mass is 14.5. The van der Waals surface area contributed by atoms with E-state index in [1.165, 1.54) is 70.9 Å². The number of hydrogen-bond acceptors (Lipinski definition) is 2. The molecule has 4 N–H and O–H groups in total. The lowest BCUT2D eigenvalue weighted by molar-refractivity contribution is 0.977. The number of hydrogen-bond donors (Lipinski definition) is 2. The molecule has 0 amide bonds. The van der Waals surface area contributed by atoms with Gasteiger partial charge in [-0.1, -0.05) is 133 Å². The molecule has 0 saturated carbocycles. The molecule has 0 unspecified atom stereocenters. The third kappa shape index (κ3) is 4.85. The van der Waals surface area contributed by atoms with Crippen LogP contribution in [0.1, 0.15) is 22.3 Å². The highest BCUT2D eigenvalue weighted by Gasteiger charge is 2.20. The Balaban J connectivity index is 1.41. The van der Waals surface area contributed by atoms with Crippen molar-refractivity contribution in [2.75, 3.05) is 11.5 Å². The summed E-state index contributed by atoms with van der Waals surface area (Å²) in [5.41, 5.74) is 21.1. The molecule has 0 aliphatic heterocycles. The SMILES string of the molecule is Nc1ccc(C=Cc2c3ccccc3c(-c3c4ccccc4c(CCc4ccc(N)cc4)c4ccccc34)c3ccccc23)cc1. The molecular weight excluding hydrogens is 556 g/mol. The van der Waals surface area contributed by atoms with Gasteiger partial charge in [0.2, 0.25) is 0 Å². The zero-order chi connectivity index (χ0) is 31.0. The molecule has 0 atom stereocenters. The molecule has 46 heavy (non-hydrogen) atoms. The van der Waals surface area contributed by atoms with Gasteiger partial charge in [-0.2, -0.15) is 0 Å². The summed E-state index contributed by atoms with van der Waals surface area (Å²) in [6.07, 6.45) is 6.35. The average Bonchev–Trinajstić information content (AvgIpc) is 3.10. The largest absolute Gasteiger partial charge is 0.399 e. The number of fused-ring (bicyclic) bond motifs is 4. The molecule has 8 rings (SSSR count). The van der Waals surface area contributed by atoms with Crippen LogP contribution in [-0.4, -0.2) is 0 Å². The summed E-state index contributed by atoms with van der Waals surface area (Å²) in [5.74, 6) is 0. The summed E-state index contributed by atoms with van der Waals surface area (Å²) in [6.45, 7) is 0. The normalized spacial score (nSPS) is 11.7. The van der Waals surface area contributed by atoms with E-state index in [1.54, 1.807) is 0 Å². The molecule has 8 aromatic rings. The Morgan fingerprint density at radius 3 is 1.24 bits per heavy atom. The van der Waals surface area contributed by atoms with E-state index >= 15 is 0 Å². The number of nitrogen functional groups attached to an aromatic ring is 2. The van der Waals surface area contributed by atoms with Crippen LogP contribution in [0.25, 0.3) is 66.4 Å². The zero-order valence-electron chi connectivity index (χ0n) is 25.6. The Kier molecular flexibility index (Phi) is 6.96. The van der Waals surface area contributed by atoms with Gasteiger partial charge in [0, 0.05) is 11.4 Å². The minimum Gasteiger partial charge on any atom is -0.399 e. The van der Waals surface area contributed by atoms with Gasteiger partial charge in [0.05, 0.1) is 0 Å². The predicted molar refractivity (Wildman–Crippen MR) is 200 cm³/mol. The van der Waals surface area contributed by atoms with Crippen LogP contribution in [0, 0.1) is 0 Å². The van der Waals surface area contributed by atoms with Gasteiger partial charge in [0.15, 0.2) is 0 Å². The standard InChI is InChI=1S/C44H34N2/c45-31-23-17-29(18-24-31)21-27-37-33-9-1-5-13-39(33)43(40-14-6-2-10-34(37)40)44-41-15-7-3-11-35(41)38(36-12-4-8-16-42(36)44)28-22-30-19-25-32(46)26-20-30/h1-21,23-27H,22,28,45-46H2. The van der Waals surface area contributed by atoms with Crippen molar-refractivity contribution in [3.63, 3.8) is 0 Å². The van der Waals surface area contributed by atoms with Crippen molar-refractivity contribution in [3.8, 4) is 11.1 Å². The number of benzene rings is 8. The Morgan fingerprint density at radius 1 is 0.370 bits per heavy atom. The van der Waals surface area contributed by atoms with Crippen LogP contribution < -0.4 is 11.5 Å². The Bertz CT molecular complexity index is 2300. The fraction of sp³-hybridized carbons (Fsp3) is 0.0455. The van der Waals surface area contributed by atoms with E-state index in [9.17, 15) is 0 Å². The molecule has 0 aliphatic carbocycles. The quantitative estimate of drug-likeness (QED) is 0.115. The van der Waals surface area contributed by atoms with E-state index in [2.05, 4.69) is 133 Å². The van der Waals surface area contributed by atoms with Crippen LogP contribution in [0.2, 0.25) is 0 Å². The van der Waals surface area contributed by atoms with Crippen molar-refractivity contribution in [2.45, 2.75) is 12.8 Å². The lowest BCUT2D eigenvalue weighted by Crippen LogP contribution is -1.98. The van der Waals surface area contributed by atoms with Crippen LogP contribution in [0.4, 0.5) is 11.4 Å². The van der Waals surface area contributed by atoms with Crippen molar-refractivity contribution < 1.29 is 0 Å². The van der Waals surface area contributed by atoms with Gasteiger partial charge in [-0.3, -0.25) is 0 Å². The van der Waals surface area contributed by atoms with Crippen molar-refractivity contribution in [1.29, 1.82) is 0 Å². The molecular formula is C44H34N2. The maximum Gasteiger partial charge on any atom is 0.0314 e. The highest BCUT2D eigenvalue weighted by molar-refractivity contribution is 6.26. The Morgan fingerprint density at radius 2 is 0.761 bits per heavy atom. The number of nitrogens with two attached hydrogens (primary N) is 2. The first-order valence-electron chi connectivity index (χ1n) is 15.9. The van der Waals surface area contributed by atoms with E-state index in [4.69, 9.17) is 11.5 Å². The summed E-state index contributed by atoms with van der Waals surface area (Å²) in [7, 11) is 0. The molecule has 0 aliphatic rings. The van der Waals surface area contributed by atoms with Crippen molar-refractivity contribution in [1.82, 2.24) is 0 Å². The average molecular weight is 591 g/mol. The molecule has 0 aromatic heterocycles. The van der Waals surface area contributed by atoms with Crippen LogP contribution in [0.3, 0.4) is 0 Å². The molecule has 220 valence electrons. The summed E-state index contributed by atoms with van der Waals surface area (Å²) in [5, 5.41) is 10.2. The van der Waals surface area contributed by atoms with Crippen molar-refractivity contribution in [2.24, 2.45) is 0 Å². The van der Waals surface area contributed by atoms with E-state index in [0.29, 0.717) is 0 Å². The van der Waals surface area contributed by atoms with Crippen LogP contribution >= 0.6 is 0 Å². The molecule has 2 heteroatoms. The molecule has 0 heterocycles. The Hall–Kier alpha value is -5.86. The summed E-state index contributed by atoms with van der Waals surface area (Å²) in [6, 6.07) is 52.0. The molecule has 0 saturated heterocycles. The number of aryl methyl sites for hydroxylation is 2. The topological polar surface area (TPSA) is 52.0 Å². The second-order valence-electron chi connectivity index (χ2n) is 12.1. The van der Waals surface area contributed by atoms with Gasteiger partial charge in [-0.25, -0.2) is 0 Å². The molecule has 8 aromatic carbocycles. The van der Waals surface area contributed by atoms with Gasteiger partial charge in [0.1, 0.15) is 0 Å². The summed E-state index contributed by atoms with van der Waals surface area (Å²) < 4.78 is 0. The smallest absolute Gasteiger partial charge is 0.0314 e. The molecule has 0 fully saturated rings. The maximum absolute atomic E-state index is 5.98. The molecule has 0 spiro atoms. The Labute approximate surface area is 269 Å². The lowest BCUT2D eigenvalue weighted by Gasteiger charge is -2.21. The van der Waals surface area contributed by atoms with Gasteiger partial charge >= 0.3 is 0 Å².